The van der Waals surface area contributed by atoms with Crippen LogP contribution in [0.25, 0.3) is 0 Å². The Hall–Kier alpha value is -0.540. The van der Waals surface area contributed by atoms with E-state index in [0.717, 1.165) is 30.3 Å². The van der Waals surface area contributed by atoms with Gasteiger partial charge in [0, 0.05) is 22.1 Å². The van der Waals surface area contributed by atoms with E-state index in [0.29, 0.717) is 16.6 Å². The topological polar surface area (TPSA) is 20.3 Å². The standard InChI is InChI=1S/C14H17BrClNO/c1-2-11-5-3-4-8-17(11)14(18)12-7-6-10(16)9-13(12)15/h6-7,9,11H,2-5,8H2,1H3. The number of hydrogen-bond acceptors (Lipinski definition) is 1. The second-order valence-corrected chi connectivity index (χ2v) is 5.97. The van der Waals surface area contributed by atoms with E-state index >= 15 is 0 Å². The first-order valence-corrected chi connectivity index (χ1v) is 7.56. The van der Waals surface area contributed by atoms with Gasteiger partial charge in [-0.3, -0.25) is 4.79 Å². The van der Waals surface area contributed by atoms with Gasteiger partial charge in [-0.05, 0) is 59.8 Å². The summed E-state index contributed by atoms with van der Waals surface area (Å²) in [5.41, 5.74) is 0.708. The van der Waals surface area contributed by atoms with Gasteiger partial charge in [-0.1, -0.05) is 18.5 Å². The molecular weight excluding hydrogens is 314 g/mol. The number of piperidine rings is 1. The molecule has 2 rings (SSSR count). The van der Waals surface area contributed by atoms with Crippen LogP contribution in [0, 0.1) is 0 Å². The maximum absolute atomic E-state index is 12.6. The summed E-state index contributed by atoms with van der Waals surface area (Å²) < 4.78 is 0.778. The van der Waals surface area contributed by atoms with Crippen molar-refractivity contribution in [2.75, 3.05) is 6.54 Å². The highest BCUT2D eigenvalue weighted by Gasteiger charge is 2.27. The first kappa shape index (κ1) is 13.9. The highest BCUT2D eigenvalue weighted by Crippen LogP contribution is 2.26. The number of rotatable bonds is 2. The molecule has 1 aliphatic rings. The van der Waals surface area contributed by atoms with E-state index in [1.165, 1.54) is 6.42 Å². The molecule has 2 nitrogen and oxygen atoms in total. The average Bonchev–Trinajstić information content (AvgIpc) is 2.38. The van der Waals surface area contributed by atoms with Crippen molar-refractivity contribution in [1.29, 1.82) is 0 Å². The zero-order valence-corrected chi connectivity index (χ0v) is 12.8. The van der Waals surface area contributed by atoms with Gasteiger partial charge in [0.15, 0.2) is 0 Å². The van der Waals surface area contributed by atoms with Crippen molar-refractivity contribution in [2.45, 2.75) is 38.6 Å². The van der Waals surface area contributed by atoms with Gasteiger partial charge in [-0.2, -0.15) is 0 Å². The van der Waals surface area contributed by atoms with Gasteiger partial charge < -0.3 is 4.90 Å². The molecule has 1 unspecified atom stereocenters. The predicted molar refractivity (Wildman–Crippen MR) is 78.1 cm³/mol. The minimum absolute atomic E-state index is 0.116. The number of carbonyl (C=O) groups is 1. The Morgan fingerprint density at radius 3 is 2.94 bits per heavy atom. The largest absolute Gasteiger partial charge is 0.336 e. The minimum atomic E-state index is 0.116. The molecular formula is C14H17BrClNO. The van der Waals surface area contributed by atoms with Crippen LogP contribution in [-0.2, 0) is 0 Å². The summed E-state index contributed by atoms with van der Waals surface area (Å²) >= 11 is 9.33. The maximum atomic E-state index is 12.6. The molecule has 1 amide bonds. The second kappa shape index (κ2) is 6.07. The highest BCUT2D eigenvalue weighted by molar-refractivity contribution is 9.10. The van der Waals surface area contributed by atoms with E-state index in [1.807, 2.05) is 4.90 Å². The van der Waals surface area contributed by atoms with Crippen molar-refractivity contribution in [2.24, 2.45) is 0 Å². The van der Waals surface area contributed by atoms with Crippen molar-refractivity contribution in [1.82, 2.24) is 4.90 Å². The Labute approximate surface area is 121 Å². The summed E-state index contributed by atoms with van der Waals surface area (Å²) in [5, 5.41) is 0.643. The molecule has 0 saturated carbocycles. The fourth-order valence-electron chi connectivity index (χ4n) is 2.51. The molecule has 0 bridgehead atoms. The van der Waals surface area contributed by atoms with Crippen LogP contribution < -0.4 is 0 Å². The Morgan fingerprint density at radius 2 is 2.28 bits per heavy atom. The number of hydrogen-bond donors (Lipinski definition) is 0. The molecule has 4 heteroatoms. The molecule has 1 saturated heterocycles. The Balaban J connectivity index is 2.24. The van der Waals surface area contributed by atoms with Crippen molar-refractivity contribution < 1.29 is 4.79 Å². The van der Waals surface area contributed by atoms with Crippen LogP contribution in [0.2, 0.25) is 5.02 Å². The molecule has 0 aliphatic carbocycles. The van der Waals surface area contributed by atoms with Crippen molar-refractivity contribution >= 4 is 33.4 Å². The molecule has 0 radical (unpaired) electrons. The van der Waals surface area contributed by atoms with Crippen molar-refractivity contribution in [3.63, 3.8) is 0 Å². The summed E-state index contributed by atoms with van der Waals surface area (Å²) in [4.78, 5) is 14.6. The van der Waals surface area contributed by atoms with E-state index in [-0.39, 0.29) is 5.91 Å². The Bertz CT molecular complexity index is 449. The van der Waals surface area contributed by atoms with Gasteiger partial charge in [0.05, 0.1) is 5.56 Å². The lowest BCUT2D eigenvalue weighted by molar-refractivity contribution is 0.0607. The van der Waals surface area contributed by atoms with Crippen LogP contribution in [0.3, 0.4) is 0 Å². The quantitative estimate of drug-likeness (QED) is 0.781. The van der Waals surface area contributed by atoms with Crippen LogP contribution in [-0.4, -0.2) is 23.4 Å². The predicted octanol–water partition coefficient (Wildman–Crippen LogP) is 4.51. The first-order valence-electron chi connectivity index (χ1n) is 6.39. The number of carbonyl (C=O) groups excluding carboxylic acids is 1. The number of nitrogens with zero attached hydrogens (tertiary/aromatic N) is 1. The van der Waals surface area contributed by atoms with Crippen LogP contribution >= 0.6 is 27.5 Å². The zero-order valence-electron chi connectivity index (χ0n) is 10.5. The molecule has 1 heterocycles. The summed E-state index contributed by atoms with van der Waals surface area (Å²) in [5.74, 6) is 0.116. The third-order valence-corrected chi connectivity index (χ3v) is 4.41. The number of likely N-dealkylation sites (tertiary alicyclic amines) is 1. The molecule has 1 atom stereocenters. The van der Waals surface area contributed by atoms with Crippen LogP contribution in [0.15, 0.2) is 22.7 Å². The number of amides is 1. The monoisotopic (exact) mass is 329 g/mol. The summed E-state index contributed by atoms with van der Waals surface area (Å²) in [6.07, 6.45) is 4.47. The van der Waals surface area contributed by atoms with E-state index in [1.54, 1.807) is 18.2 Å². The molecule has 1 aromatic carbocycles. The molecule has 98 valence electrons. The van der Waals surface area contributed by atoms with Gasteiger partial charge in [-0.25, -0.2) is 0 Å². The summed E-state index contributed by atoms with van der Waals surface area (Å²) in [6.45, 7) is 3.01. The average molecular weight is 331 g/mol. The zero-order chi connectivity index (χ0) is 13.1. The lowest BCUT2D eigenvalue weighted by Crippen LogP contribution is -2.43. The molecule has 0 N–H and O–H groups in total. The maximum Gasteiger partial charge on any atom is 0.255 e. The number of halogens is 2. The normalized spacial score (nSPS) is 19.9. The van der Waals surface area contributed by atoms with Gasteiger partial charge in [-0.15, -0.1) is 0 Å². The van der Waals surface area contributed by atoms with Gasteiger partial charge in [0.1, 0.15) is 0 Å². The van der Waals surface area contributed by atoms with Crippen LogP contribution in [0.5, 0.6) is 0 Å². The van der Waals surface area contributed by atoms with Gasteiger partial charge in [0.25, 0.3) is 5.91 Å². The summed E-state index contributed by atoms with van der Waals surface area (Å²) in [6, 6.07) is 5.73. The Morgan fingerprint density at radius 1 is 1.50 bits per heavy atom. The minimum Gasteiger partial charge on any atom is -0.336 e. The summed E-state index contributed by atoms with van der Waals surface area (Å²) in [7, 11) is 0. The highest BCUT2D eigenvalue weighted by atomic mass is 79.9. The molecule has 1 aliphatic heterocycles. The third-order valence-electron chi connectivity index (χ3n) is 3.52. The van der Waals surface area contributed by atoms with Gasteiger partial charge in [0.2, 0.25) is 0 Å². The molecule has 1 aromatic rings. The van der Waals surface area contributed by atoms with Crippen molar-refractivity contribution in [3.8, 4) is 0 Å². The fourth-order valence-corrected chi connectivity index (χ4v) is 3.36. The van der Waals surface area contributed by atoms with Crippen LogP contribution in [0.1, 0.15) is 43.0 Å². The van der Waals surface area contributed by atoms with Crippen molar-refractivity contribution in [3.05, 3.63) is 33.3 Å². The number of benzene rings is 1. The lowest BCUT2D eigenvalue weighted by Gasteiger charge is -2.35. The molecule has 0 spiro atoms. The molecule has 18 heavy (non-hydrogen) atoms. The molecule has 1 fully saturated rings. The smallest absolute Gasteiger partial charge is 0.255 e. The van der Waals surface area contributed by atoms with Gasteiger partial charge >= 0.3 is 0 Å². The van der Waals surface area contributed by atoms with E-state index in [4.69, 9.17) is 11.6 Å². The van der Waals surface area contributed by atoms with E-state index in [9.17, 15) is 4.79 Å². The SMILES string of the molecule is CCC1CCCCN1C(=O)c1ccc(Cl)cc1Br. The second-order valence-electron chi connectivity index (χ2n) is 4.68. The van der Waals surface area contributed by atoms with Crippen LogP contribution in [0.4, 0.5) is 0 Å². The molecule has 0 aromatic heterocycles. The third kappa shape index (κ3) is 2.89. The lowest BCUT2D eigenvalue weighted by atomic mass is 9.99. The Kier molecular flexibility index (Phi) is 4.68. The van der Waals surface area contributed by atoms with E-state index < -0.39 is 0 Å². The van der Waals surface area contributed by atoms with E-state index in [2.05, 4.69) is 22.9 Å². The fraction of sp³-hybridized carbons (Fsp3) is 0.500. The first-order chi connectivity index (χ1) is 8.63.